The van der Waals surface area contributed by atoms with Crippen LogP contribution in [0.25, 0.3) is 0 Å². The van der Waals surface area contributed by atoms with Crippen LogP contribution in [0, 0.1) is 63.8 Å². The third kappa shape index (κ3) is 6.53. The van der Waals surface area contributed by atoms with Crippen LogP contribution in [0.4, 0.5) is 5.69 Å². The zero-order valence-corrected chi connectivity index (χ0v) is 11.8. The van der Waals surface area contributed by atoms with Gasteiger partial charge in [-0.1, -0.05) is 0 Å². The predicted octanol–water partition coefficient (Wildman–Crippen LogP) is 3.86. The molecule has 1 aromatic rings. The molecule has 4 heteroatoms. The molecule has 0 amide bonds. The maximum atomic E-state index is 9.04. The molecule has 0 bridgehead atoms. The Labute approximate surface area is 132 Å². The molecule has 3 nitrogen and oxygen atoms in total. The molecular weight excluding hydrogens is 292 g/mol. The van der Waals surface area contributed by atoms with Gasteiger partial charge in [0.2, 0.25) is 0 Å². The minimum absolute atomic E-state index is 0. The van der Waals surface area contributed by atoms with Gasteiger partial charge in [0, 0.05) is 17.1 Å². The molecule has 0 aliphatic heterocycles. The third-order valence-corrected chi connectivity index (χ3v) is 2.33. The number of aromatic hydroxyl groups is 1. The number of hydrogen-bond donors (Lipinski definition) is 1. The summed E-state index contributed by atoms with van der Waals surface area (Å²) in [7, 11) is 0. The summed E-state index contributed by atoms with van der Waals surface area (Å²) >= 11 is 0. The smallest absolute Gasteiger partial charge is 0.116 e. The zero-order valence-electron chi connectivity index (χ0n) is 10.7. The molecule has 20 heavy (non-hydrogen) atoms. The van der Waals surface area contributed by atoms with Gasteiger partial charge in [0.15, 0.2) is 0 Å². The molecule has 1 N–H and O–H groups in total. The Morgan fingerprint density at radius 2 is 1.15 bits per heavy atom. The van der Waals surface area contributed by atoms with Gasteiger partial charge < -0.3 is 5.11 Å². The van der Waals surface area contributed by atoms with E-state index in [1.807, 2.05) is 57.8 Å². The number of azo groups is 1. The molecule has 0 aromatic heterocycles. The van der Waals surface area contributed by atoms with E-state index < -0.39 is 0 Å². The van der Waals surface area contributed by atoms with Gasteiger partial charge in [0.1, 0.15) is 11.8 Å². The van der Waals surface area contributed by atoms with Crippen LogP contribution in [-0.2, 0) is 17.1 Å². The van der Waals surface area contributed by atoms with Gasteiger partial charge in [-0.25, -0.2) is 0 Å². The van der Waals surface area contributed by atoms with Crippen molar-refractivity contribution >= 4 is 5.69 Å². The van der Waals surface area contributed by atoms with E-state index in [0.717, 1.165) is 11.7 Å². The molecule has 0 spiro atoms. The molecule has 2 fully saturated rings. The number of benzene rings is 1. The second-order valence-electron chi connectivity index (χ2n) is 3.82. The normalized spacial score (nSPS) is 18.6. The van der Waals surface area contributed by atoms with Crippen molar-refractivity contribution in [2.45, 2.75) is 0 Å². The summed E-state index contributed by atoms with van der Waals surface area (Å²) < 4.78 is 0. The fraction of sp³-hybridized carbons (Fsp3) is 0. The summed E-state index contributed by atoms with van der Waals surface area (Å²) in [6.45, 7) is 0. The van der Waals surface area contributed by atoms with E-state index in [-0.39, 0.29) is 22.8 Å². The molecule has 1 aromatic carbocycles. The molecule has 2 saturated carbocycles. The number of rotatable bonds is 2. The minimum Gasteiger partial charge on any atom is -0.508 e. The van der Waals surface area contributed by atoms with Crippen molar-refractivity contribution in [2.24, 2.45) is 10.2 Å². The zero-order chi connectivity index (χ0) is 13.3. The van der Waals surface area contributed by atoms with Crippen LogP contribution in [0.5, 0.6) is 5.75 Å². The monoisotopic (exact) mass is 306 g/mol. The third-order valence-electron chi connectivity index (χ3n) is 2.33. The minimum atomic E-state index is 0. The number of hydrogen-bond acceptors (Lipinski definition) is 3. The van der Waals surface area contributed by atoms with Crippen molar-refractivity contribution in [1.82, 2.24) is 0 Å². The fourth-order valence-corrected chi connectivity index (χ4v) is 1.39. The van der Waals surface area contributed by atoms with Crippen molar-refractivity contribution in [2.75, 3.05) is 0 Å². The second kappa shape index (κ2) is 9.95. The van der Waals surface area contributed by atoms with E-state index in [9.17, 15) is 0 Å². The van der Waals surface area contributed by atoms with Crippen LogP contribution >= 0.6 is 0 Å². The van der Waals surface area contributed by atoms with Gasteiger partial charge in [-0.05, 0) is 82.1 Å². The maximum Gasteiger partial charge on any atom is 0.116 e. The summed E-state index contributed by atoms with van der Waals surface area (Å²) in [6.07, 6.45) is 17.6. The standard InChI is InChI=1S/C11H9N2O.C5H5.Fe/c14-11-7-5-10(6-8-11)13-12-9-3-1-2-4-9;1-2-4-5-3-1;/h1-8,14H;1-5H;. The first-order valence-corrected chi connectivity index (χ1v) is 5.94. The fourth-order valence-electron chi connectivity index (χ4n) is 1.39. The number of phenols is 1. The Balaban J connectivity index is 0.000000283. The molecule has 0 heterocycles. The summed E-state index contributed by atoms with van der Waals surface area (Å²) in [5.74, 6) is 0.234. The van der Waals surface area contributed by atoms with E-state index >= 15 is 0 Å². The van der Waals surface area contributed by atoms with E-state index in [4.69, 9.17) is 5.11 Å². The van der Waals surface area contributed by atoms with Crippen molar-refractivity contribution in [3.05, 3.63) is 88.1 Å². The Morgan fingerprint density at radius 3 is 1.65 bits per heavy atom. The Bertz CT molecular complexity index is 374. The average molecular weight is 306 g/mol. The first kappa shape index (κ1) is 17.2. The summed E-state index contributed by atoms with van der Waals surface area (Å²) in [5.41, 5.74) is 0.726. The molecule has 102 valence electrons. The van der Waals surface area contributed by atoms with Gasteiger partial charge in [-0.15, -0.1) is 0 Å². The Hall–Kier alpha value is -0.861. The van der Waals surface area contributed by atoms with Crippen molar-refractivity contribution < 1.29 is 22.2 Å². The van der Waals surface area contributed by atoms with E-state index in [2.05, 4.69) is 10.2 Å². The molecule has 0 atom stereocenters. The van der Waals surface area contributed by atoms with Crippen molar-refractivity contribution in [1.29, 1.82) is 0 Å². The predicted molar refractivity (Wildman–Crippen MR) is 74.6 cm³/mol. The molecule has 10 radical (unpaired) electrons. The van der Waals surface area contributed by atoms with Gasteiger partial charge >= 0.3 is 0 Å². The van der Waals surface area contributed by atoms with Crippen LogP contribution in [0.1, 0.15) is 0 Å². The topological polar surface area (TPSA) is 45.0 Å². The van der Waals surface area contributed by atoms with Crippen LogP contribution in [0.2, 0.25) is 0 Å². The number of phenolic OH excluding ortho intramolecular Hbond substituents is 1. The second-order valence-corrected chi connectivity index (χ2v) is 3.82. The van der Waals surface area contributed by atoms with E-state index in [0.29, 0.717) is 0 Å². The Morgan fingerprint density at radius 1 is 0.650 bits per heavy atom. The first-order valence-electron chi connectivity index (χ1n) is 5.94. The summed E-state index contributed by atoms with van der Waals surface area (Å²) in [5, 5.41) is 17.0. The summed E-state index contributed by atoms with van der Waals surface area (Å²) in [6, 6.07) is 7.42. The molecule has 2 aliphatic carbocycles. The van der Waals surface area contributed by atoms with E-state index in [1.54, 1.807) is 24.3 Å². The SMILES string of the molecule is Oc1ccc(N=N[C]2[CH][CH][CH][CH]2)cc1.[CH]1[CH][CH][CH][CH]1.[Fe]. The van der Waals surface area contributed by atoms with Crippen LogP contribution in [0.15, 0.2) is 34.5 Å². The van der Waals surface area contributed by atoms with Crippen molar-refractivity contribution in [3.63, 3.8) is 0 Å². The number of nitrogens with zero attached hydrogens (tertiary/aromatic N) is 2. The molecule has 3 rings (SSSR count). The van der Waals surface area contributed by atoms with Gasteiger partial charge in [-0.2, -0.15) is 10.2 Å². The van der Waals surface area contributed by atoms with Crippen LogP contribution in [0.3, 0.4) is 0 Å². The first-order chi connectivity index (χ1) is 9.34. The summed E-state index contributed by atoms with van der Waals surface area (Å²) in [4.78, 5) is 0. The molecular formula is C16H14FeN2O. The largest absolute Gasteiger partial charge is 0.508 e. The van der Waals surface area contributed by atoms with E-state index in [1.165, 1.54) is 0 Å². The Kier molecular flexibility index (Phi) is 8.55. The van der Waals surface area contributed by atoms with Gasteiger partial charge in [0.25, 0.3) is 0 Å². The van der Waals surface area contributed by atoms with Crippen molar-refractivity contribution in [3.8, 4) is 5.75 Å². The molecule has 0 saturated heterocycles. The van der Waals surface area contributed by atoms with Gasteiger partial charge in [0.05, 0.1) is 5.69 Å². The van der Waals surface area contributed by atoms with Crippen LogP contribution < -0.4 is 0 Å². The molecule has 2 aliphatic rings. The quantitative estimate of drug-likeness (QED) is 0.654. The average Bonchev–Trinajstić information content (AvgIpc) is 3.14. The molecule has 0 unspecified atom stereocenters. The maximum absolute atomic E-state index is 9.04. The van der Waals surface area contributed by atoms with Crippen LogP contribution in [-0.4, -0.2) is 5.11 Å². The van der Waals surface area contributed by atoms with Gasteiger partial charge in [-0.3, -0.25) is 0 Å².